The third-order valence-corrected chi connectivity index (χ3v) is 4.48. The second kappa shape index (κ2) is 8.08. The first kappa shape index (κ1) is 20.0. The lowest BCUT2D eigenvalue weighted by atomic mass is 10.0. The maximum Gasteiger partial charge on any atom is 0.163 e. The van der Waals surface area contributed by atoms with E-state index in [0.717, 1.165) is 11.8 Å². The van der Waals surface area contributed by atoms with Crippen molar-refractivity contribution in [2.24, 2.45) is 0 Å². The number of aromatic hydroxyl groups is 1. The number of ether oxygens (including phenoxy) is 5. The molecule has 28 heavy (non-hydrogen) atoms. The van der Waals surface area contributed by atoms with Gasteiger partial charge < -0.3 is 28.8 Å². The number of methoxy groups -OCH3 is 2. The lowest BCUT2D eigenvalue weighted by molar-refractivity contribution is -0.302. The summed E-state index contributed by atoms with van der Waals surface area (Å²) < 4.78 is 28.6. The van der Waals surface area contributed by atoms with Gasteiger partial charge in [0.2, 0.25) is 0 Å². The van der Waals surface area contributed by atoms with Crippen LogP contribution in [0.15, 0.2) is 36.4 Å². The summed E-state index contributed by atoms with van der Waals surface area (Å²) in [6.07, 6.45) is -0.223. The van der Waals surface area contributed by atoms with Crippen LogP contribution in [0.2, 0.25) is 0 Å². The quantitative estimate of drug-likeness (QED) is 0.759. The maximum absolute atomic E-state index is 11.0. The second-order valence-corrected chi connectivity index (χ2v) is 6.87. The number of hydrogen-bond donors (Lipinski definition) is 1. The number of phenols is 1. The van der Waals surface area contributed by atoms with E-state index in [1.807, 2.05) is 13.8 Å². The van der Waals surface area contributed by atoms with Crippen molar-refractivity contribution >= 4 is 6.29 Å². The minimum absolute atomic E-state index is 0.0427. The van der Waals surface area contributed by atoms with Crippen molar-refractivity contribution in [3.05, 3.63) is 47.5 Å². The molecule has 0 radical (unpaired) electrons. The normalized spacial score (nSPS) is 21.0. The maximum atomic E-state index is 11.0. The van der Waals surface area contributed by atoms with E-state index >= 15 is 0 Å². The van der Waals surface area contributed by atoms with Crippen molar-refractivity contribution in [2.45, 2.75) is 31.8 Å². The molecule has 0 amide bonds. The van der Waals surface area contributed by atoms with Gasteiger partial charge in [0.05, 0.1) is 20.8 Å². The van der Waals surface area contributed by atoms with E-state index in [9.17, 15) is 9.90 Å². The van der Waals surface area contributed by atoms with Gasteiger partial charge >= 0.3 is 0 Å². The van der Waals surface area contributed by atoms with E-state index in [0.29, 0.717) is 22.8 Å². The molecule has 7 nitrogen and oxygen atoms in total. The SMILES string of the molecule is COc1cc([C@@H]2OC(C)(C)OC[C@H]2Oc2ccc(C=O)cc2OC)ccc1O. The summed E-state index contributed by atoms with van der Waals surface area (Å²) in [6.45, 7) is 3.93. The molecule has 1 fully saturated rings. The van der Waals surface area contributed by atoms with Crippen molar-refractivity contribution in [1.29, 1.82) is 0 Å². The third kappa shape index (κ3) is 4.21. The monoisotopic (exact) mass is 388 g/mol. The first-order chi connectivity index (χ1) is 13.4. The minimum atomic E-state index is -0.804. The standard InChI is InChI=1S/C21H24O7/c1-21(2)26-12-19(27-16-8-5-13(11-22)9-18(16)25-4)20(28-21)14-6-7-15(23)17(10-14)24-3/h5-11,19-20,23H,12H2,1-4H3/t19-,20+/m1/s1. The van der Waals surface area contributed by atoms with Gasteiger partial charge in [-0.2, -0.15) is 0 Å². The highest BCUT2D eigenvalue weighted by Gasteiger charge is 2.39. The van der Waals surface area contributed by atoms with Crippen LogP contribution in [0.25, 0.3) is 0 Å². The molecule has 0 unspecified atom stereocenters. The van der Waals surface area contributed by atoms with E-state index < -0.39 is 18.0 Å². The summed E-state index contributed by atoms with van der Waals surface area (Å²) >= 11 is 0. The average molecular weight is 388 g/mol. The summed E-state index contributed by atoms with van der Waals surface area (Å²) in [6, 6.07) is 9.96. The molecule has 2 atom stereocenters. The predicted molar refractivity (Wildman–Crippen MR) is 101 cm³/mol. The summed E-state index contributed by atoms with van der Waals surface area (Å²) in [5.41, 5.74) is 1.26. The van der Waals surface area contributed by atoms with Crippen LogP contribution >= 0.6 is 0 Å². The van der Waals surface area contributed by atoms with Crippen LogP contribution in [0.3, 0.4) is 0 Å². The Bertz CT molecular complexity index is 847. The van der Waals surface area contributed by atoms with E-state index in [2.05, 4.69) is 0 Å². The fourth-order valence-electron chi connectivity index (χ4n) is 3.05. The summed E-state index contributed by atoms with van der Waals surface area (Å²) in [5.74, 6) is 0.497. The Morgan fingerprint density at radius 3 is 2.50 bits per heavy atom. The fourth-order valence-corrected chi connectivity index (χ4v) is 3.05. The molecule has 1 saturated heterocycles. The van der Waals surface area contributed by atoms with Gasteiger partial charge in [0.25, 0.3) is 0 Å². The first-order valence-corrected chi connectivity index (χ1v) is 8.85. The molecule has 1 N–H and O–H groups in total. The van der Waals surface area contributed by atoms with Crippen LogP contribution in [0, 0.1) is 0 Å². The largest absolute Gasteiger partial charge is 0.504 e. The van der Waals surface area contributed by atoms with E-state index in [1.54, 1.807) is 36.4 Å². The number of rotatable bonds is 6. The average Bonchev–Trinajstić information content (AvgIpc) is 2.69. The number of carbonyl (C=O) groups is 1. The third-order valence-electron chi connectivity index (χ3n) is 4.48. The second-order valence-electron chi connectivity index (χ2n) is 6.87. The molecule has 2 aromatic carbocycles. The van der Waals surface area contributed by atoms with Crippen LogP contribution in [0.5, 0.6) is 23.0 Å². The molecule has 2 aromatic rings. The zero-order valence-electron chi connectivity index (χ0n) is 16.3. The lowest BCUT2D eigenvalue weighted by Crippen LogP contribution is -2.46. The van der Waals surface area contributed by atoms with E-state index in [4.69, 9.17) is 23.7 Å². The Morgan fingerprint density at radius 2 is 1.82 bits per heavy atom. The number of phenolic OH excluding ortho intramolecular Hbond substituents is 1. The summed E-state index contributed by atoms with van der Waals surface area (Å²) in [7, 11) is 3.00. The van der Waals surface area contributed by atoms with Gasteiger partial charge in [0, 0.05) is 5.56 Å². The Balaban J connectivity index is 1.93. The highest BCUT2D eigenvalue weighted by atomic mass is 16.7. The predicted octanol–water partition coefficient (Wildman–Crippen LogP) is 3.49. The Morgan fingerprint density at radius 1 is 1.07 bits per heavy atom. The highest BCUT2D eigenvalue weighted by molar-refractivity contribution is 5.76. The lowest BCUT2D eigenvalue weighted by Gasteiger charge is -2.41. The van der Waals surface area contributed by atoms with Gasteiger partial charge in [-0.25, -0.2) is 0 Å². The molecular weight excluding hydrogens is 364 g/mol. The first-order valence-electron chi connectivity index (χ1n) is 8.85. The molecule has 1 heterocycles. The smallest absolute Gasteiger partial charge is 0.163 e. The van der Waals surface area contributed by atoms with Crippen LogP contribution in [-0.4, -0.2) is 44.1 Å². The van der Waals surface area contributed by atoms with Crippen molar-refractivity contribution < 1.29 is 33.6 Å². The van der Waals surface area contributed by atoms with Gasteiger partial charge in [-0.05, 0) is 49.7 Å². The Hall–Kier alpha value is -2.77. The number of aldehydes is 1. The van der Waals surface area contributed by atoms with Crippen molar-refractivity contribution in [2.75, 3.05) is 20.8 Å². The topological polar surface area (TPSA) is 83.5 Å². The molecule has 1 aliphatic rings. The molecule has 0 bridgehead atoms. The van der Waals surface area contributed by atoms with Crippen LogP contribution < -0.4 is 14.2 Å². The van der Waals surface area contributed by atoms with Gasteiger partial charge in [-0.3, -0.25) is 4.79 Å². The van der Waals surface area contributed by atoms with Gasteiger partial charge in [-0.15, -0.1) is 0 Å². The molecule has 1 aliphatic heterocycles. The van der Waals surface area contributed by atoms with Gasteiger partial charge in [-0.1, -0.05) is 6.07 Å². The Labute approximate surface area is 163 Å². The van der Waals surface area contributed by atoms with Crippen LogP contribution in [0.4, 0.5) is 0 Å². The zero-order chi connectivity index (χ0) is 20.3. The zero-order valence-corrected chi connectivity index (χ0v) is 16.3. The molecule has 0 aliphatic carbocycles. The number of hydrogen-bond acceptors (Lipinski definition) is 7. The molecular formula is C21H24O7. The van der Waals surface area contributed by atoms with Crippen LogP contribution in [0.1, 0.15) is 35.9 Å². The molecule has 0 saturated carbocycles. The highest BCUT2D eigenvalue weighted by Crippen LogP contribution is 2.39. The molecule has 7 heteroatoms. The van der Waals surface area contributed by atoms with Gasteiger partial charge in [0.1, 0.15) is 12.4 Å². The van der Waals surface area contributed by atoms with Crippen molar-refractivity contribution in [3.63, 3.8) is 0 Å². The molecule has 0 aromatic heterocycles. The number of carbonyl (C=O) groups excluding carboxylic acids is 1. The van der Waals surface area contributed by atoms with Crippen LogP contribution in [-0.2, 0) is 9.47 Å². The number of benzene rings is 2. The molecule has 0 spiro atoms. The fraction of sp³-hybridized carbons (Fsp3) is 0.381. The molecule has 150 valence electrons. The van der Waals surface area contributed by atoms with Crippen molar-refractivity contribution in [3.8, 4) is 23.0 Å². The van der Waals surface area contributed by atoms with E-state index in [1.165, 1.54) is 14.2 Å². The van der Waals surface area contributed by atoms with Crippen molar-refractivity contribution in [1.82, 2.24) is 0 Å². The molecule has 3 rings (SSSR count). The van der Waals surface area contributed by atoms with Gasteiger partial charge in [0.15, 0.2) is 34.9 Å². The van der Waals surface area contributed by atoms with E-state index in [-0.39, 0.29) is 12.4 Å². The summed E-state index contributed by atoms with van der Waals surface area (Å²) in [5, 5.41) is 9.89. The minimum Gasteiger partial charge on any atom is -0.504 e. The summed E-state index contributed by atoms with van der Waals surface area (Å²) in [4.78, 5) is 11.0. The Kier molecular flexibility index (Phi) is 5.76.